The van der Waals surface area contributed by atoms with Crippen LogP contribution in [-0.4, -0.2) is 69.9 Å². The van der Waals surface area contributed by atoms with E-state index in [1.54, 1.807) is 34.1 Å². The predicted molar refractivity (Wildman–Crippen MR) is 120 cm³/mol. The number of carbonyl (C=O) groups is 2. The van der Waals surface area contributed by atoms with Crippen molar-refractivity contribution in [3.05, 3.63) is 59.7 Å². The molecule has 3 rings (SSSR count). The van der Waals surface area contributed by atoms with Gasteiger partial charge in [-0.25, -0.2) is 8.42 Å². The molecule has 2 amide bonds. The maximum absolute atomic E-state index is 13.0. The summed E-state index contributed by atoms with van der Waals surface area (Å²) in [7, 11) is -2.19. The summed E-state index contributed by atoms with van der Waals surface area (Å²) in [6.45, 7) is 1.69. The van der Waals surface area contributed by atoms with Crippen molar-refractivity contribution in [2.24, 2.45) is 0 Å². The van der Waals surface area contributed by atoms with E-state index in [1.807, 2.05) is 0 Å². The quantitative estimate of drug-likeness (QED) is 0.668. The van der Waals surface area contributed by atoms with E-state index < -0.39 is 10.0 Å². The molecule has 0 unspecified atom stereocenters. The Morgan fingerprint density at radius 2 is 1.62 bits per heavy atom. The standard InChI is InChI=1S/C23H25N3O5S/c1-3-13-24-32(29,30)19-11-9-18(10-12-19)22(27)25-14-6-15-26(17-16-25)23(28)20-7-4-5-8-21(20)31-2/h1,4-5,7-12,24H,6,13-17H2,2H3. The van der Waals surface area contributed by atoms with Crippen LogP contribution in [-0.2, 0) is 10.0 Å². The van der Waals surface area contributed by atoms with Crippen LogP contribution in [0.3, 0.4) is 0 Å². The summed E-state index contributed by atoms with van der Waals surface area (Å²) >= 11 is 0. The Bertz CT molecular complexity index is 1120. The van der Waals surface area contributed by atoms with Crippen molar-refractivity contribution in [1.29, 1.82) is 0 Å². The molecular formula is C23H25N3O5S. The summed E-state index contributed by atoms with van der Waals surface area (Å²) < 4.78 is 31.8. The molecule has 2 aromatic carbocycles. The molecule has 0 saturated carbocycles. The van der Waals surface area contributed by atoms with Gasteiger partial charge in [-0.2, -0.15) is 4.72 Å². The maximum Gasteiger partial charge on any atom is 0.257 e. The van der Waals surface area contributed by atoms with Gasteiger partial charge in [0.05, 0.1) is 24.1 Å². The molecule has 8 nitrogen and oxygen atoms in total. The van der Waals surface area contributed by atoms with Crippen LogP contribution in [0.25, 0.3) is 0 Å². The number of hydrogen-bond acceptors (Lipinski definition) is 5. The van der Waals surface area contributed by atoms with E-state index in [0.717, 1.165) is 0 Å². The molecule has 168 valence electrons. The second-order valence-corrected chi connectivity index (χ2v) is 8.96. The zero-order valence-corrected chi connectivity index (χ0v) is 18.6. The van der Waals surface area contributed by atoms with Crippen molar-refractivity contribution in [2.45, 2.75) is 11.3 Å². The third-order valence-corrected chi connectivity index (χ3v) is 6.60. The Kier molecular flexibility index (Phi) is 7.51. The third-order valence-electron chi connectivity index (χ3n) is 5.18. The second kappa shape index (κ2) is 10.3. The van der Waals surface area contributed by atoms with Crippen LogP contribution in [0.2, 0.25) is 0 Å². The lowest BCUT2D eigenvalue weighted by Gasteiger charge is -2.23. The fraction of sp³-hybridized carbons (Fsp3) is 0.304. The molecule has 1 N–H and O–H groups in total. The maximum atomic E-state index is 13.0. The number of sulfonamides is 1. The number of hydrogen-bond donors (Lipinski definition) is 1. The minimum absolute atomic E-state index is 0.0359. The van der Waals surface area contributed by atoms with Gasteiger partial charge in [0.2, 0.25) is 10.0 Å². The van der Waals surface area contributed by atoms with Gasteiger partial charge in [-0.3, -0.25) is 9.59 Å². The van der Waals surface area contributed by atoms with Gasteiger partial charge < -0.3 is 14.5 Å². The minimum atomic E-state index is -3.72. The number of nitrogens with one attached hydrogen (secondary N) is 1. The first-order chi connectivity index (χ1) is 15.4. The van der Waals surface area contributed by atoms with E-state index in [2.05, 4.69) is 10.6 Å². The number of nitrogens with zero attached hydrogens (tertiary/aromatic N) is 2. The first kappa shape index (κ1) is 23.3. The molecular weight excluding hydrogens is 430 g/mol. The van der Waals surface area contributed by atoms with Crippen molar-refractivity contribution in [3.63, 3.8) is 0 Å². The first-order valence-electron chi connectivity index (χ1n) is 10.1. The zero-order valence-electron chi connectivity index (χ0n) is 17.8. The summed E-state index contributed by atoms with van der Waals surface area (Å²) in [5.41, 5.74) is 0.871. The van der Waals surface area contributed by atoms with Crippen molar-refractivity contribution >= 4 is 21.8 Å². The van der Waals surface area contributed by atoms with Crippen LogP contribution in [0.15, 0.2) is 53.4 Å². The molecule has 1 aliphatic heterocycles. The Morgan fingerprint density at radius 1 is 1.00 bits per heavy atom. The fourth-order valence-corrected chi connectivity index (χ4v) is 4.43. The number of terminal acetylenes is 1. The molecule has 2 aromatic rings. The number of methoxy groups -OCH3 is 1. The van der Waals surface area contributed by atoms with Crippen LogP contribution in [0, 0.1) is 12.3 Å². The van der Waals surface area contributed by atoms with Crippen molar-refractivity contribution in [3.8, 4) is 18.1 Å². The topological polar surface area (TPSA) is 96.0 Å². The van der Waals surface area contributed by atoms with E-state index in [0.29, 0.717) is 49.5 Å². The van der Waals surface area contributed by atoms with Crippen LogP contribution in [0.1, 0.15) is 27.1 Å². The Hall–Kier alpha value is -3.35. The molecule has 32 heavy (non-hydrogen) atoms. The van der Waals surface area contributed by atoms with E-state index in [4.69, 9.17) is 11.2 Å². The molecule has 1 aliphatic rings. The van der Waals surface area contributed by atoms with Crippen molar-refractivity contribution < 1.29 is 22.7 Å². The van der Waals surface area contributed by atoms with Gasteiger partial charge in [0, 0.05) is 31.7 Å². The highest BCUT2D eigenvalue weighted by Crippen LogP contribution is 2.21. The van der Waals surface area contributed by atoms with Gasteiger partial charge in [0.15, 0.2) is 0 Å². The van der Waals surface area contributed by atoms with Gasteiger partial charge in [0.25, 0.3) is 11.8 Å². The number of para-hydroxylation sites is 1. The van der Waals surface area contributed by atoms with Crippen molar-refractivity contribution in [1.82, 2.24) is 14.5 Å². The molecule has 0 spiro atoms. The third kappa shape index (κ3) is 5.28. The minimum Gasteiger partial charge on any atom is -0.496 e. The number of ether oxygens (including phenoxy) is 1. The summed E-state index contributed by atoms with van der Waals surface area (Å²) in [6, 6.07) is 12.8. The molecule has 1 heterocycles. The van der Waals surface area contributed by atoms with E-state index in [1.165, 1.54) is 31.4 Å². The van der Waals surface area contributed by atoms with Crippen LogP contribution >= 0.6 is 0 Å². The predicted octanol–water partition coefficient (Wildman–Crippen LogP) is 1.59. The van der Waals surface area contributed by atoms with E-state index in [-0.39, 0.29) is 23.3 Å². The second-order valence-electron chi connectivity index (χ2n) is 7.19. The van der Waals surface area contributed by atoms with Crippen LogP contribution < -0.4 is 9.46 Å². The Balaban J connectivity index is 1.67. The monoisotopic (exact) mass is 455 g/mol. The van der Waals surface area contributed by atoms with Gasteiger partial charge in [-0.1, -0.05) is 18.1 Å². The molecule has 0 atom stereocenters. The zero-order chi connectivity index (χ0) is 23.1. The summed E-state index contributed by atoms with van der Waals surface area (Å²) in [6.07, 6.45) is 5.73. The van der Waals surface area contributed by atoms with Gasteiger partial charge >= 0.3 is 0 Å². The average molecular weight is 456 g/mol. The lowest BCUT2D eigenvalue weighted by molar-refractivity contribution is 0.0717. The molecule has 0 radical (unpaired) electrons. The number of rotatable bonds is 6. The molecule has 1 fully saturated rings. The molecule has 1 saturated heterocycles. The highest BCUT2D eigenvalue weighted by Gasteiger charge is 2.25. The highest BCUT2D eigenvalue weighted by molar-refractivity contribution is 7.89. The van der Waals surface area contributed by atoms with E-state index >= 15 is 0 Å². The van der Waals surface area contributed by atoms with Gasteiger partial charge in [0.1, 0.15) is 5.75 Å². The number of amides is 2. The van der Waals surface area contributed by atoms with E-state index in [9.17, 15) is 18.0 Å². The first-order valence-corrected chi connectivity index (χ1v) is 11.6. The smallest absolute Gasteiger partial charge is 0.257 e. The van der Waals surface area contributed by atoms with Crippen LogP contribution in [0.5, 0.6) is 5.75 Å². The Labute approximate surface area is 188 Å². The van der Waals surface area contributed by atoms with Gasteiger partial charge in [-0.05, 0) is 42.8 Å². The molecule has 0 aliphatic carbocycles. The number of benzene rings is 2. The highest BCUT2D eigenvalue weighted by atomic mass is 32.2. The summed E-state index contributed by atoms with van der Waals surface area (Å²) in [4.78, 5) is 29.3. The SMILES string of the molecule is C#CCNS(=O)(=O)c1ccc(C(=O)N2CCCN(C(=O)c3ccccc3OC)CC2)cc1. The number of carbonyl (C=O) groups excluding carboxylic acids is 2. The normalized spacial score (nSPS) is 14.4. The average Bonchev–Trinajstić information content (AvgIpc) is 3.08. The van der Waals surface area contributed by atoms with Crippen LogP contribution in [0.4, 0.5) is 0 Å². The fourth-order valence-electron chi connectivity index (χ4n) is 3.49. The largest absolute Gasteiger partial charge is 0.496 e. The van der Waals surface area contributed by atoms with Crippen molar-refractivity contribution in [2.75, 3.05) is 39.8 Å². The molecule has 9 heteroatoms. The molecule has 0 bridgehead atoms. The summed E-state index contributed by atoms with van der Waals surface area (Å²) in [5.74, 6) is 2.39. The Morgan fingerprint density at radius 3 is 2.25 bits per heavy atom. The summed E-state index contributed by atoms with van der Waals surface area (Å²) in [5, 5.41) is 0. The van der Waals surface area contributed by atoms with Gasteiger partial charge in [-0.15, -0.1) is 6.42 Å². The lowest BCUT2D eigenvalue weighted by atomic mass is 10.1. The molecule has 0 aromatic heterocycles. The lowest BCUT2D eigenvalue weighted by Crippen LogP contribution is -2.37.